The molecule has 2 aromatic carbocycles. The number of allylic oxidation sites excluding steroid dienone is 1. The lowest BCUT2D eigenvalue weighted by Gasteiger charge is -2.06. The minimum atomic E-state index is -3.85. The predicted octanol–water partition coefficient (Wildman–Crippen LogP) is 3.24. The average molecular weight is 456 g/mol. The summed E-state index contributed by atoms with van der Waals surface area (Å²) in [6.45, 7) is -0.228. The molecule has 27 heavy (non-hydrogen) atoms. The number of aliphatic carboxylic acids is 1. The number of carbonyl (C=O) groups excluding carboxylic acids is 1. The number of carbonyl (C=O) groups is 2. The van der Waals surface area contributed by atoms with Crippen molar-refractivity contribution < 1.29 is 27.5 Å². The minimum absolute atomic E-state index is 0.0733. The van der Waals surface area contributed by atoms with E-state index in [0.717, 1.165) is 0 Å². The molecule has 0 fully saturated rings. The van der Waals surface area contributed by atoms with Crippen LogP contribution in [0.4, 0.5) is 4.39 Å². The van der Waals surface area contributed by atoms with Gasteiger partial charge in [0.2, 0.25) is 10.0 Å². The number of ketones is 1. The zero-order valence-corrected chi connectivity index (χ0v) is 16.3. The highest BCUT2D eigenvalue weighted by Gasteiger charge is 2.14. The lowest BCUT2D eigenvalue weighted by molar-refractivity contribution is -0.136. The molecule has 2 rings (SSSR count). The van der Waals surface area contributed by atoms with Crippen LogP contribution in [0.3, 0.4) is 0 Å². The Hall–Kier alpha value is -2.36. The van der Waals surface area contributed by atoms with E-state index in [1.807, 2.05) is 0 Å². The Balaban J connectivity index is 2.07. The molecule has 2 aromatic rings. The molecular formula is C18H15BrFNO5S. The summed E-state index contributed by atoms with van der Waals surface area (Å²) in [4.78, 5) is 22.5. The van der Waals surface area contributed by atoms with Crippen LogP contribution in [0, 0.1) is 5.82 Å². The molecule has 0 atom stereocenters. The van der Waals surface area contributed by atoms with Crippen LogP contribution >= 0.6 is 15.9 Å². The van der Waals surface area contributed by atoms with Crippen molar-refractivity contribution in [2.75, 3.05) is 6.54 Å². The molecule has 0 aliphatic rings. The van der Waals surface area contributed by atoms with Gasteiger partial charge in [0, 0.05) is 12.1 Å². The number of halogens is 2. The van der Waals surface area contributed by atoms with Gasteiger partial charge in [-0.2, -0.15) is 0 Å². The lowest BCUT2D eigenvalue weighted by Crippen LogP contribution is -2.26. The van der Waals surface area contributed by atoms with Crippen LogP contribution in [0.2, 0.25) is 0 Å². The first kappa shape index (κ1) is 20.9. The highest BCUT2D eigenvalue weighted by Crippen LogP contribution is 2.18. The summed E-state index contributed by atoms with van der Waals surface area (Å²) in [5.74, 6) is -1.87. The Labute approximate surface area is 163 Å². The molecule has 0 radical (unpaired) electrons. The number of carboxylic acid groups (broad SMARTS) is 1. The average Bonchev–Trinajstić information content (AvgIpc) is 2.62. The summed E-state index contributed by atoms with van der Waals surface area (Å²) < 4.78 is 39.7. The normalized spacial score (nSPS) is 11.6. The van der Waals surface area contributed by atoms with Crippen LogP contribution in [0.15, 0.2) is 57.9 Å². The molecule has 0 amide bonds. The number of rotatable bonds is 8. The monoisotopic (exact) mass is 455 g/mol. The number of hydrogen-bond donors (Lipinski definition) is 2. The molecular weight excluding hydrogens is 441 g/mol. The summed E-state index contributed by atoms with van der Waals surface area (Å²) in [6, 6.07) is 9.56. The van der Waals surface area contributed by atoms with Crippen LogP contribution in [0.1, 0.15) is 22.3 Å². The van der Waals surface area contributed by atoms with Crippen LogP contribution in [0.5, 0.6) is 0 Å². The van der Waals surface area contributed by atoms with Gasteiger partial charge in [0.1, 0.15) is 5.82 Å². The molecule has 0 heterocycles. The van der Waals surface area contributed by atoms with Crippen molar-refractivity contribution in [2.24, 2.45) is 0 Å². The fraction of sp³-hybridized carbons (Fsp3) is 0.111. The molecule has 0 unspecified atom stereocenters. The lowest BCUT2D eigenvalue weighted by atomic mass is 10.1. The predicted molar refractivity (Wildman–Crippen MR) is 101 cm³/mol. The van der Waals surface area contributed by atoms with Gasteiger partial charge in [-0.15, -0.1) is 0 Å². The van der Waals surface area contributed by atoms with Crippen molar-refractivity contribution in [3.63, 3.8) is 0 Å². The Morgan fingerprint density at radius 2 is 1.81 bits per heavy atom. The summed E-state index contributed by atoms with van der Waals surface area (Å²) in [5.41, 5.74) is 0.898. The van der Waals surface area contributed by atoms with Crippen LogP contribution in [-0.2, 0) is 14.8 Å². The largest absolute Gasteiger partial charge is 0.481 e. The number of carboxylic acids is 1. The van der Waals surface area contributed by atoms with Crippen LogP contribution < -0.4 is 4.72 Å². The van der Waals surface area contributed by atoms with Crippen molar-refractivity contribution in [3.8, 4) is 0 Å². The van der Waals surface area contributed by atoms with Crippen LogP contribution in [0.25, 0.3) is 6.08 Å². The molecule has 142 valence electrons. The number of hydrogen-bond acceptors (Lipinski definition) is 4. The van der Waals surface area contributed by atoms with E-state index in [-0.39, 0.29) is 33.7 Å². The van der Waals surface area contributed by atoms with Gasteiger partial charge in [0.05, 0.1) is 15.8 Å². The van der Waals surface area contributed by atoms with E-state index in [2.05, 4.69) is 20.7 Å². The fourth-order valence-electron chi connectivity index (χ4n) is 2.06. The summed E-state index contributed by atoms with van der Waals surface area (Å²) in [7, 11) is -3.85. The van der Waals surface area contributed by atoms with E-state index in [4.69, 9.17) is 5.11 Å². The molecule has 0 saturated heterocycles. The van der Waals surface area contributed by atoms with E-state index in [1.54, 1.807) is 0 Å². The van der Waals surface area contributed by atoms with Crippen molar-refractivity contribution in [1.29, 1.82) is 0 Å². The topological polar surface area (TPSA) is 101 Å². The SMILES string of the molecule is O=C(O)CCNS(=O)(=O)c1ccc(C(=O)/C=C/c2ccc(F)c(Br)c2)cc1. The maximum Gasteiger partial charge on any atom is 0.304 e. The molecule has 0 aliphatic carbocycles. The Morgan fingerprint density at radius 1 is 1.15 bits per heavy atom. The Bertz CT molecular complexity index is 987. The van der Waals surface area contributed by atoms with E-state index in [0.29, 0.717) is 5.56 Å². The molecule has 0 bridgehead atoms. The first-order valence-electron chi connectivity index (χ1n) is 7.68. The van der Waals surface area contributed by atoms with E-state index in [9.17, 15) is 22.4 Å². The molecule has 0 saturated carbocycles. The minimum Gasteiger partial charge on any atom is -0.481 e. The molecule has 6 nitrogen and oxygen atoms in total. The van der Waals surface area contributed by atoms with Gasteiger partial charge in [-0.25, -0.2) is 17.5 Å². The zero-order chi connectivity index (χ0) is 20.0. The Kier molecular flexibility index (Phi) is 7.00. The summed E-state index contributed by atoms with van der Waals surface area (Å²) in [6.07, 6.45) is 2.49. The standard InChI is InChI=1S/C18H15BrFNO5S/c19-15-11-12(1-7-16(15)20)2-8-17(22)13-3-5-14(6-4-13)27(25,26)21-10-9-18(23)24/h1-8,11,21H,9-10H2,(H,23,24)/b8-2+. The molecule has 0 aromatic heterocycles. The zero-order valence-electron chi connectivity index (χ0n) is 13.9. The highest BCUT2D eigenvalue weighted by molar-refractivity contribution is 9.10. The van der Waals surface area contributed by atoms with Gasteiger partial charge in [-0.1, -0.05) is 12.1 Å². The first-order valence-corrected chi connectivity index (χ1v) is 9.95. The quantitative estimate of drug-likeness (QED) is 0.469. The maximum atomic E-state index is 13.2. The second kappa shape index (κ2) is 9.03. The van der Waals surface area contributed by atoms with Gasteiger partial charge >= 0.3 is 5.97 Å². The van der Waals surface area contributed by atoms with Crippen molar-refractivity contribution in [3.05, 3.63) is 70.0 Å². The van der Waals surface area contributed by atoms with E-state index < -0.39 is 21.8 Å². The van der Waals surface area contributed by atoms with Gasteiger partial charge in [-0.3, -0.25) is 9.59 Å². The molecule has 0 aliphatic heterocycles. The fourth-order valence-corrected chi connectivity index (χ4v) is 3.49. The van der Waals surface area contributed by atoms with Gasteiger partial charge < -0.3 is 5.11 Å². The van der Waals surface area contributed by atoms with E-state index in [1.165, 1.54) is 54.6 Å². The third kappa shape index (κ3) is 6.09. The van der Waals surface area contributed by atoms with Gasteiger partial charge in [-0.05, 0) is 64.0 Å². The number of sulfonamides is 1. The van der Waals surface area contributed by atoms with E-state index >= 15 is 0 Å². The maximum absolute atomic E-state index is 13.2. The molecule has 9 heteroatoms. The number of benzene rings is 2. The summed E-state index contributed by atoms with van der Waals surface area (Å²) in [5, 5.41) is 8.54. The van der Waals surface area contributed by atoms with Crippen molar-refractivity contribution in [1.82, 2.24) is 4.72 Å². The van der Waals surface area contributed by atoms with Crippen molar-refractivity contribution in [2.45, 2.75) is 11.3 Å². The van der Waals surface area contributed by atoms with Gasteiger partial charge in [0.15, 0.2) is 5.78 Å². The number of nitrogens with one attached hydrogen (secondary N) is 1. The summed E-state index contributed by atoms with van der Waals surface area (Å²) >= 11 is 3.06. The second-order valence-electron chi connectivity index (χ2n) is 5.44. The second-order valence-corrected chi connectivity index (χ2v) is 8.06. The van der Waals surface area contributed by atoms with Crippen LogP contribution in [-0.4, -0.2) is 31.8 Å². The molecule has 0 spiro atoms. The Morgan fingerprint density at radius 3 is 2.41 bits per heavy atom. The highest BCUT2D eigenvalue weighted by atomic mass is 79.9. The third-order valence-electron chi connectivity index (χ3n) is 3.45. The molecule has 2 N–H and O–H groups in total. The first-order chi connectivity index (χ1) is 12.7. The van der Waals surface area contributed by atoms with Crippen molar-refractivity contribution >= 4 is 43.8 Å². The third-order valence-corrected chi connectivity index (χ3v) is 5.54. The smallest absolute Gasteiger partial charge is 0.304 e. The van der Waals surface area contributed by atoms with Gasteiger partial charge in [0.25, 0.3) is 0 Å².